The number of aryl methyl sites for hydroxylation is 1. The summed E-state index contributed by atoms with van der Waals surface area (Å²) in [7, 11) is 0. The molecular weight excluding hydrogens is 488 g/mol. The lowest BCUT2D eigenvalue weighted by Gasteiger charge is -2.11. The molecule has 0 radical (unpaired) electrons. The number of primary amides is 1. The van der Waals surface area contributed by atoms with Crippen LogP contribution in [0.2, 0.25) is 0 Å². The highest BCUT2D eigenvalue weighted by molar-refractivity contribution is 8.18. The van der Waals surface area contributed by atoms with E-state index in [-0.39, 0.29) is 10.6 Å². The fourth-order valence-electron chi connectivity index (χ4n) is 3.70. The minimum atomic E-state index is -0.748. The third-order valence-corrected chi connectivity index (χ3v) is 7.25. The number of hydrogen-bond donors (Lipinski definition) is 1. The van der Waals surface area contributed by atoms with Gasteiger partial charge < -0.3 is 10.3 Å². The summed E-state index contributed by atoms with van der Waals surface area (Å²) in [6.45, 7) is 3.43. The molecule has 1 aliphatic rings. The van der Waals surface area contributed by atoms with Crippen LogP contribution in [0.25, 0.3) is 11.8 Å². The monoisotopic (exact) mass is 508 g/mol. The van der Waals surface area contributed by atoms with Gasteiger partial charge in [-0.2, -0.15) is 0 Å². The van der Waals surface area contributed by atoms with Gasteiger partial charge in [-0.05, 0) is 79.7 Å². The van der Waals surface area contributed by atoms with Crippen molar-refractivity contribution >= 4 is 52.3 Å². The predicted molar refractivity (Wildman–Crippen MR) is 134 cm³/mol. The number of aromatic nitrogens is 1. The van der Waals surface area contributed by atoms with Gasteiger partial charge in [0.05, 0.1) is 9.83 Å². The quantitative estimate of drug-likeness (QED) is 0.279. The van der Waals surface area contributed by atoms with E-state index in [0.29, 0.717) is 0 Å². The zero-order valence-electron chi connectivity index (χ0n) is 18.8. The Morgan fingerprint density at radius 2 is 1.69 bits per heavy atom. The Morgan fingerprint density at radius 1 is 1.09 bits per heavy atom. The van der Waals surface area contributed by atoms with Gasteiger partial charge in [0.25, 0.3) is 16.8 Å². The minimum absolute atomic E-state index is 0.0525. The third kappa shape index (κ3) is 5.15. The van der Waals surface area contributed by atoms with Crippen LogP contribution in [0.5, 0.6) is 0 Å². The Bertz CT molecular complexity index is 1380. The summed E-state index contributed by atoms with van der Waals surface area (Å²) < 4.78 is 2.04. The first kappa shape index (κ1) is 24.3. The fraction of sp³-hybridized carbons (Fsp3) is 0.125. The van der Waals surface area contributed by atoms with Crippen LogP contribution < -0.4 is 5.73 Å². The van der Waals surface area contributed by atoms with Crippen LogP contribution in [0, 0.1) is 24.0 Å². The van der Waals surface area contributed by atoms with Gasteiger partial charge in [-0.25, -0.2) is 0 Å². The summed E-state index contributed by atoms with van der Waals surface area (Å²) in [5.41, 5.74) is 8.73. The molecule has 0 aliphatic carbocycles. The summed E-state index contributed by atoms with van der Waals surface area (Å²) in [5, 5.41) is 10.3. The standard InChI is InChI=1S/C24H20N4O5S2/c1-14-11-16(12-21-23(30)26(13-22(25)29)24(31)35-21)15(2)27(14)17-3-7-19(8-4-17)34-20-9-5-18(6-10-20)28(32)33/h3-12H,13H2,1-2H3,(H2,25,29)/b21-12-. The molecule has 0 bridgehead atoms. The molecule has 3 aromatic rings. The number of hydrogen-bond acceptors (Lipinski definition) is 7. The van der Waals surface area contributed by atoms with Gasteiger partial charge >= 0.3 is 0 Å². The summed E-state index contributed by atoms with van der Waals surface area (Å²) in [4.78, 5) is 49.1. The number of carbonyl (C=O) groups is 3. The molecule has 0 atom stereocenters. The molecule has 178 valence electrons. The van der Waals surface area contributed by atoms with Crippen LogP contribution in [0.4, 0.5) is 10.5 Å². The second-order valence-corrected chi connectivity index (χ2v) is 9.88. The maximum atomic E-state index is 12.5. The first-order valence-corrected chi connectivity index (χ1v) is 12.0. The van der Waals surface area contributed by atoms with E-state index < -0.39 is 28.5 Å². The smallest absolute Gasteiger partial charge is 0.294 e. The van der Waals surface area contributed by atoms with Crippen molar-refractivity contribution in [1.29, 1.82) is 0 Å². The zero-order chi connectivity index (χ0) is 25.3. The largest absolute Gasteiger partial charge is 0.368 e. The number of imide groups is 1. The Hall–Kier alpha value is -3.83. The highest BCUT2D eigenvalue weighted by Crippen LogP contribution is 2.34. The number of rotatable bonds is 7. The van der Waals surface area contributed by atoms with Gasteiger partial charge in [0.1, 0.15) is 6.54 Å². The Kier molecular flexibility index (Phi) is 6.81. The average Bonchev–Trinajstić information content (AvgIpc) is 3.23. The SMILES string of the molecule is Cc1cc(/C=C2\SC(=O)N(CC(N)=O)C2=O)c(C)n1-c1ccc(Sc2ccc([N+](=O)[O-])cc2)cc1. The number of nitro benzene ring substituents is 1. The summed E-state index contributed by atoms with van der Waals surface area (Å²) in [6, 6.07) is 16.2. The zero-order valence-corrected chi connectivity index (χ0v) is 20.4. The van der Waals surface area contributed by atoms with E-state index in [1.165, 1.54) is 23.9 Å². The molecule has 4 rings (SSSR count). The maximum Gasteiger partial charge on any atom is 0.294 e. The van der Waals surface area contributed by atoms with Gasteiger partial charge in [-0.1, -0.05) is 11.8 Å². The van der Waals surface area contributed by atoms with Crippen LogP contribution in [0.3, 0.4) is 0 Å². The topological polar surface area (TPSA) is 129 Å². The molecule has 3 amide bonds. The maximum absolute atomic E-state index is 12.5. The highest BCUT2D eigenvalue weighted by Gasteiger charge is 2.36. The molecule has 0 spiro atoms. The minimum Gasteiger partial charge on any atom is -0.368 e. The molecule has 1 aromatic heterocycles. The van der Waals surface area contributed by atoms with E-state index in [9.17, 15) is 24.5 Å². The van der Waals surface area contributed by atoms with Crippen molar-refractivity contribution in [3.05, 3.63) is 86.6 Å². The number of amides is 3. The molecule has 1 aliphatic heterocycles. The molecule has 1 saturated heterocycles. The van der Waals surface area contributed by atoms with E-state index in [4.69, 9.17) is 5.73 Å². The number of carbonyl (C=O) groups excluding carboxylic acids is 3. The van der Waals surface area contributed by atoms with Crippen LogP contribution in [0.15, 0.2) is 69.3 Å². The summed E-state index contributed by atoms with van der Waals surface area (Å²) >= 11 is 2.29. The molecule has 11 heteroatoms. The van der Waals surface area contributed by atoms with E-state index in [2.05, 4.69) is 0 Å². The molecule has 9 nitrogen and oxygen atoms in total. The Morgan fingerprint density at radius 3 is 2.26 bits per heavy atom. The second-order valence-electron chi connectivity index (χ2n) is 7.74. The highest BCUT2D eigenvalue weighted by atomic mass is 32.2. The Labute approximate surface area is 209 Å². The van der Waals surface area contributed by atoms with Crippen LogP contribution in [-0.4, -0.2) is 38.0 Å². The lowest BCUT2D eigenvalue weighted by atomic mass is 10.2. The number of nitrogens with zero attached hydrogens (tertiary/aromatic N) is 3. The molecule has 1 fully saturated rings. The lowest BCUT2D eigenvalue weighted by molar-refractivity contribution is -0.384. The predicted octanol–water partition coefficient (Wildman–Crippen LogP) is 4.68. The van der Waals surface area contributed by atoms with Gasteiger partial charge in [0.2, 0.25) is 5.91 Å². The van der Waals surface area contributed by atoms with Crippen molar-refractivity contribution in [2.45, 2.75) is 23.6 Å². The van der Waals surface area contributed by atoms with E-state index >= 15 is 0 Å². The Balaban J connectivity index is 1.55. The van der Waals surface area contributed by atoms with E-state index in [0.717, 1.165) is 49.1 Å². The van der Waals surface area contributed by atoms with Crippen molar-refractivity contribution in [3.63, 3.8) is 0 Å². The number of benzene rings is 2. The number of non-ortho nitro benzene ring substituents is 1. The molecule has 35 heavy (non-hydrogen) atoms. The van der Waals surface area contributed by atoms with Crippen LogP contribution >= 0.6 is 23.5 Å². The van der Waals surface area contributed by atoms with Crippen LogP contribution in [0.1, 0.15) is 17.0 Å². The van der Waals surface area contributed by atoms with Crippen LogP contribution in [-0.2, 0) is 9.59 Å². The second kappa shape index (κ2) is 9.80. The van der Waals surface area contributed by atoms with Gasteiger partial charge in [0, 0.05) is 39.0 Å². The summed E-state index contributed by atoms with van der Waals surface area (Å²) in [6.07, 6.45) is 1.66. The molecule has 2 aromatic carbocycles. The van der Waals surface area contributed by atoms with Gasteiger partial charge in [-0.15, -0.1) is 0 Å². The summed E-state index contributed by atoms with van der Waals surface area (Å²) in [5.74, 6) is -1.28. The molecule has 0 unspecified atom stereocenters. The first-order chi connectivity index (χ1) is 16.6. The number of nitro groups is 1. The molecule has 2 N–H and O–H groups in total. The van der Waals surface area contributed by atoms with E-state index in [1.807, 2.05) is 48.7 Å². The number of nitrogens with two attached hydrogens (primary N) is 1. The van der Waals surface area contributed by atoms with Gasteiger partial charge in [-0.3, -0.25) is 29.4 Å². The van der Waals surface area contributed by atoms with Gasteiger partial charge in [0.15, 0.2) is 0 Å². The normalized spacial score (nSPS) is 14.7. The van der Waals surface area contributed by atoms with Crippen molar-refractivity contribution < 1.29 is 19.3 Å². The third-order valence-electron chi connectivity index (χ3n) is 5.32. The first-order valence-electron chi connectivity index (χ1n) is 10.4. The van der Waals surface area contributed by atoms with Crippen molar-refractivity contribution in [2.24, 2.45) is 5.73 Å². The average molecular weight is 509 g/mol. The van der Waals surface area contributed by atoms with Crippen molar-refractivity contribution in [2.75, 3.05) is 6.54 Å². The lowest BCUT2D eigenvalue weighted by Crippen LogP contribution is -2.36. The molecule has 0 saturated carbocycles. The fourth-order valence-corrected chi connectivity index (χ4v) is 5.35. The molecule has 2 heterocycles. The molecular formula is C24H20N4O5S2. The van der Waals surface area contributed by atoms with Crippen molar-refractivity contribution in [3.8, 4) is 5.69 Å². The van der Waals surface area contributed by atoms with Crippen molar-refractivity contribution in [1.82, 2.24) is 9.47 Å². The number of thioether (sulfide) groups is 1. The van der Waals surface area contributed by atoms with E-state index in [1.54, 1.807) is 18.2 Å².